The van der Waals surface area contributed by atoms with E-state index in [0.717, 1.165) is 73.2 Å². The summed E-state index contributed by atoms with van der Waals surface area (Å²) in [4.78, 5) is 25.8. The lowest BCUT2D eigenvalue weighted by Crippen LogP contribution is -2.62. The highest BCUT2D eigenvalue weighted by Gasteiger charge is 2.42. The number of rotatable bonds is 6. The second kappa shape index (κ2) is 11.6. The third-order valence-electron chi connectivity index (χ3n) is 9.39. The van der Waals surface area contributed by atoms with Crippen molar-refractivity contribution in [2.75, 3.05) is 57.4 Å². The van der Waals surface area contributed by atoms with Crippen LogP contribution < -0.4 is 10.2 Å². The number of carbonyl (C=O) groups excluding carboxylic acids is 1. The molecular formula is C33H42FN7O2. The van der Waals surface area contributed by atoms with Crippen LogP contribution in [0, 0.1) is 24.1 Å². The van der Waals surface area contributed by atoms with Gasteiger partial charge in [0.05, 0.1) is 36.8 Å². The quantitative estimate of drug-likeness (QED) is 0.474. The maximum Gasteiger partial charge on any atom is 0.241 e. The van der Waals surface area contributed by atoms with Gasteiger partial charge in [-0.25, -0.2) is 9.37 Å². The maximum atomic E-state index is 14.3. The number of benzene rings is 1. The van der Waals surface area contributed by atoms with Crippen molar-refractivity contribution in [3.05, 3.63) is 64.4 Å². The SMILES string of the molecule is Cc1c(C#N)nc2c(Cc3ccc(F)cc3)cc3c(n12)C(C)(C)CN3C(=O)CN1C[C@@H](C)NC[C@@H]1CN1CCOC[C@H]1C. The largest absolute Gasteiger partial charge is 0.379 e. The van der Waals surface area contributed by atoms with Gasteiger partial charge in [-0.3, -0.25) is 19.0 Å². The maximum absolute atomic E-state index is 14.3. The molecule has 9 nitrogen and oxygen atoms in total. The Morgan fingerprint density at radius 3 is 2.72 bits per heavy atom. The highest BCUT2D eigenvalue weighted by Crippen LogP contribution is 2.43. The summed E-state index contributed by atoms with van der Waals surface area (Å²) in [6.45, 7) is 16.4. The monoisotopic (exact) mass is 587 g/mol. The van der Waals surface area contributed by atoms with Gasteiger partial charge < -0.3 is 15.0 Å². The molecule has 0 radical (unpaired) electrons. The normalized spacial score (nSPS) is 24.3. The van der Waals surface area contributed by atoms with Crippen molar-refractivity contribution in [1.82, 2.24) is 24.5 Å². The first kappa shape index (κ1) is 29.7. The Morgan fingerprint density at radius 2 is 2.00 bits per heavy atom. The van der Waals surface area contributed by atoms with E-state index in [9.17, 15) is 14.4 Å². The number of aromatic nitrogens is 2. The first-order chi connectivity index (χ1) is 20.6. The fourth-order valence-electron chi connectivity index (χ4n) is 7.06. The van der Waals surface area contributed by atoms with Gasteiger partial charge in [0, 0.05) is 68.2 Å². The molecule has 3 aliphatic heterocycles. The molecule has 228 valence electrons. The molecule has 1 N–H and O–H groups in total. The van der Waals surface area contributed by atoms with E-state index in [1.807, 2.05) is 11.8 Å². The predicted octanol–water partition coefficient (Wildman–Crippen LogP) is 3.25. The van der Waals surface area contributed by atoms with Crippen LogP contribution >= 0.6 is 0 Å². The van der Waals surface area contributed by atoms with Crippen molar-refractivity contribution in [1.29, 1.82) is 5.26 Å². The topological polar surface area (TPSA) is 89.1 Å². The molecule has 2 fully saturated rings. The molecule has 0 saturated carbocycles. The van der Waals surface area contributed by atoms with Gasteiger partial charge in [0.15, 0.2) is 5.69 Å². The predicted molar refractivity (Wildman–Crippen MR) is 164 cm³/mol. The Balaban J connectivity index is 1.35. The van der Waals surface area contributed by atoms with Gasteiger partial charge in [0.2, 0.25) is 5.91 Å². The van der Waals surface area contributed by atoms with Gasteiger partial charge in [0.25, 0.3) is 0 Å². The number of piperazine rings is 1. The van der Waals surface area contributed by atoms with E-state index < -0.39 is 0 Å². The number of anilines is 1. The number of nitriles is 1. The van der Waals surface area contributed by atoms with Gasteiger partial charge in [0.1, 0.15) is 17.5 Å². The summed E-state index contributed by atoms with van der Waals surface area (Å²) < 4.78 is 21.4. The molecule has 1 amide bonds. The molecule has 10 heteroatoms. The first-order valence-corrected chi connectivity index (χ1v) is 15.3. The molecule has 5 heterocycles. The lowest BCUT2D eigenvalue weighted by atomic mass is 9.90. The van der Waals surface area contributed by atoms with Gasteiger partial charge in [-0.2, -0.15) is 5.26 Å². The number of hydrogen-bond donors (Lipinski definition) is 1. The fraction of sp³-hybridized carbons (Fsp3) is 0.545. The Morgan fingerprint density at radius 1 is 1.23 bits per heavy atom. The molecule has 0 unspecified atom stereocenters. The van der Waals surface area contributed by atoms with Crippen LogP contribution in [0.15, 0.2) is 30.3 Å². The molecule has 0 aliphatic carbocycles. The second-order valence-electron chi connectivity index (χ2n) is 13.2. The number of fused-ring (bicyclic) bond motifs is 3. The molecule has 0 bridgehead atoms. The number of imidazole rings is 1. The summed E-state index contributed by atoms with van der Waals surface area (Å²) >= 11 is 0. The third kappa shape index (κ3) is 5.67. The first-order valence-electron chi connectivity index (χ1n) is 15.3. The van der Waals surface area contributed by atoms with Crippen LogP contribution in [0.25, 0.3) is 5.65 Å². The standard InChI is InChI=1S/C33H42FN7O2/c1-21-16-39(27(15-36-21)17-38-10-11-43-19-22(38)2)18-30(42)40-20-33(4,5)31-29(40)13-25(12-24-6-8-26(34)9-7-24)32-37-28(14-35)23(3)41(31)32/h6-9,13,21-22,27,36H,10-12,15-20H2,1-5H3/t21-,22-,27-/m1/s1. The Labute approximate surface area is 253 Å². The number of pyridine rings is 1. The molecule has 43 heavy (non-hydrogen) atoms. The Kier molecular flexibility index (Phi) is 8.03. The van der Waals surface area contributed by atoms with E-state index in [0.29, 0.717) is 37.3 Å². The van der Waals surface area contributed by atoms with Gasteiger partial charge in [-0.05, 0) is 44.5 Å². The number of halogens is 1. The van der Waals surface area contributed by atoms with Crippen molar-refractivity contribution >= 4 is 17.2 Å². The van der Waals surface area contributed by atoms with Crippen LogP contribution in [-0.4, -0.2) is 95.7 Å². The van der Waals surface area contributed by atoms with Crippen molar-refractivity contribution < 1.29 is 13.9 Å². The van der Waals surface area contributed by atoms with Crippen molar-refractivity contribution in [2.45, 2.75) is 64.6 Å². The number of hydrogen-bond acceptors (Lipinski definition) is 7. The van der Waals surface area contributed by atoms with Crippen LogP contribution in [0.1, 0.15) is 55.9 Å². The molecule has 3 aromatic rings. The number of amides is 1. The molecule has 6 rings (SSSR count). The minimum Gasteiger partial charge on any atom is -0.379 e. The van der Waals surface area contributed by atoms with E-state index in [1.54, 1.807) is 12.1 Å². The van der Waals surface area contributed by atoms with Crippen LogP contribution in [0.2, 0.25) is 0 Å². The molecule has 0 spiro atoms. The molecular weight excluding hydrogens is 545 g/mol. The lowest BCUT2D eigenvalue weighted by Gasteiger charge is -2.43. The molecule has 1 aromatic carbocycles. The van der Waals surface area contributed by atoms with Crippen LogP contribution in [-0.2, 0) is 21.4 Å². The average molecular weight is 588 g/mol. The van der Waals surface area contributed by atoms with Crippen molar-refractivity contribution in [2.24, 2.45) is 0 Å². The van der Waals surface area contributed by atoms with E-state index in [-0.39, 0.29) is 23.2 Å². The molecule has 2 saturated heterocycles. The summed E-state index contributed by atoms with van der Waals surface area (Å²) in [5.74, 6) is -0.209. The van der Waals surface area contributed by atoms with Gasteiger partial charge in [-0.15, -0.1) is 0 Å². The van der Waals surface area contributed by atoms with E-state index >= 15 is 0 Å². The molecule has 3 atom stereocenters. The number of nitrogens with one attached hydrogen (secondary N) is 1. The highest BCUT2D eigenvalue weighted by molar-refractivity contribution is 5.98. The Hall–Kier alpha value is -3.36. The lowest BCUT2D eigenvalue weighted by molar-refractivity contribution is -0.121. The summed E-state index contributed by atoms with van der Waals surface area (Å²) in [6, 6.07) is 11.7. The van der Waals surface area contributed by atoms with Gasteiger partial charge >= 0.3 is 0 Å². The van der Waals surface area contributed by atoms with E-state index in [2.05, 4.69) is 59.3 Å². The minimum absolute atomic E-state index is 0.0753. The highest BCUT2D eigenvalue weighted by atomic mass is 19.1. The van der Waals surface area contributed by atoms with E-state index in [1.165, 1.54) is 12.1 Å². The zero-order valence-electron chi connectivity index (χ0n) is 25.9. The zero-order chi connectivity index (χ0) is 30.5. The summed E-state index contributed by atoms with van der Waals surface area (Å²) in [5.41, 5.74) is 5.22. The summed E-state index contributed by atoms with van der Waals surface area (Å²) in [6.07, 6.45) is 0.510. The summed E-state index contributed by atoms with van der Waals surface area (Å²) in [5, 5.41) is 13.5. The van der Waals surface area contributed by atoms with Crippen LogP contribution in [0.4, 0.5) is 10.1 Å². The fourth-order valence-corrected chi connectivity index (χ4v) is 7.06. The van der Waals surface area contributed by atoms with Crippen LogP contribution in [0.3, 0.4) is 0 Å². The third-order valence-corrected chi connectivity index (χ3v) is 9.39. The average Bonchev–Trinajstić information content (AvgIpc) is 3.45. The van der Waals surface area contributed by atoms with Crippen LogP contribution in [0.5, 0.6) is 0 Å². The zero-order valence-corrected chi connectivity index (χ0v) is 25.9. The summed E-state index contributed by atoms with van der Waals surface area (Å²) in [7, 11) is 0. The number of aryl methyl sites for hydroxylation is 1. The number of carbonyl (C=O) groups is 1. The van der Waals surface area contributed by atoms with Gasteiger partial charge in [-0.1, -0.05) is 26.0 Å². The second-order valence-corrected chi connectivity index (χ2v) is 13.2. The molecule has 2 aromatic heterocycles. The van der Waals surface area contributed by atoms with Crippen molar-refractivity contribution in [3.8, 4) is 6.07 Å². The van der Waals surface area contributed by atoms with Crippen molar-refractivity contribution in [3.63, 3.8) is 0 Å². The number of morpholine rings is 1. The minimum atomic E-state index is -0.352. The smallest absolute Gasteiger partial charge is 0.241 e. The Bertz CT molecular complexity index is 1560. The molecule has 3 aliphatic rings. The number of ether oxygens (including phenoxy) is 1. The number of nitrogens with zero attached hydrogens (tertiary/aromatic N) is 6. The van der Waals surface area contributed by atoms with E-state index in [4.69, 9.17) is 9.72 Å².